The smallest absolute Gasteiger partial charge is 0.123 e. The molecule has 4 nitrogen and oxygen atoms in total. The van der Waals surface area contributed by atoms with Gasteiger partial charge in [0, 0.05) is 41.3 Å². The van der Waals surface area contributed by atoms with Gasteiger partial charge in [0.2, 0.25) is 0 Å². The Hall–Kier alpha value is -1.14. The molecule has 1 atom stereocenters. The molecule has 6 heteroatoms. The SMILES string of the molecule is COc1ccc(Cl)c2c1CN(Cc1nccs1)C2CN. The molecule has 0 radical (unpaired) electrons. The Morgan fingerprint density at radius 2 is 2.40 bits per heavy atom. The van der Waals surface area contributed by atoms with Crippen LogP contribution in [0.3, 0.4) is 0 Å². The van der Waals surface area contributed by atoms with Crippen LogP contribution in [0.2, 0.25) is 5.02 Å². The first-order valence-electron chi connectivity index (χ1n) is 6.42. The van der Waals surface area contributed by atoms with E-state index in [0.29, 0.717) is 6.54 Å². The summed E-state index contributed by atoms with van der Waals surface area (Å²) in [4.78, 5) is 6.65. The number of nitrogens with two attached hydrogens (primary N) is 1. The summed E-state index contributed by atoms with van der Waals surface area (Å²) in [6.07, 6.45) is 1.83. The van der Waals surface area contributed by atoms with Crippen molar-refractivity contribution in [1.29, 1.82) is 0 Å². The molecule has 0 aliphatic carbocycles. The number of rotatable bonds is 4. The molecule has 0 spiro atoms. The highest BCUT2D eigenvalue weighted by atomic mass is 35.5. The van der Waals surface area contributed by atoms with E-state index >= 15 is 0 Å². The van der Waals surface area contributed by atoms with E-state index < -0.39 is 0 Å². The lowest BCUT2D eigenvalue weighted by atomic mass is 10.0. The summed E-state index contributed by atoms with van der Waals surface area (Å²) in [5.41, 5.74) is 8.22. The monoisotopic (exact) mass is 309 g/mol. The molecule has 2 heterocycles. The lowest BCUT2D eigenvalue weighted by Gasteiger charge is -2.22. The zero-order chi connectivity index (χ0) is 14.1. The first kappa shape index (κ1) is 13.8. The van der Waals surface area contributed by atoms with E-state index in [4.69, 9.17) is 22.1 Å². The summed E-state index contributed by atoms with van der Waals surface area (Å²) < 4.78 is 5.45. The number of hydrogen-bond donors (Lipinski definition) is 1. The van der Waals surface area contributed by atoms with Gasteiger partial charge in [0.25, 0.3) is 0 Å². The second-order valence-corrected chi connectivity index (χ2v) is 6.11. The summed E-state index contributed by atoms with van der Waals surface area (Å²) in [6, 6.07) is 3.92. The Labute approximate surface area is 127 Å². The molecule has 1 aliphatic rings. The molecule has 20 heavy (non-hydrogen) atoms. The number of benzene rings is 1. The van der Waals surface area contributed by atoms with Crippen molar-refractivity contribution < 1.29 is 4.74 Å². The molecule has 3 rings (SSSR count). The molecule has 0 fully saturated rings. The predicted molar refractivity (Wildman–Crippen MR) is 81.2 cm³/mol. The van der Waals surface area contributed by atoms with Crippen LogP contribution in [0.4, 0.5) is 0 Å². The maximum absolute atomic E-state index is 6.37. The van der Waals surface area contributed by atoms with Gasteiger partial charge in [0.15, 0.2) is 0 Å². The molecule has 106 valence electrons. The number of nitrogens with zero attached hydrogens (tertiary/aromatic N) is 2. The van der Waals surface area contributed by atoms with Crippen molar-refractivity contribution in [3.8, 4) is 5.75 Å². The Bertz CT molecular complexity index is 603. The number of ether oxygens (including phenoxy) is 1. The van der Waals surface area contributed by atoms with Crippen molar-refractivity contribution in [3.63, 3.8) is 0 Å². The van der Waals surface area contributed by atoms with E-state index in [-0.39, 0.29) is 6.04 Å². The van der Waals surface area contributed by atoms with Crippen molar-refractivity contribution in [2.75, 3.05) is 13.7 Å². The second kappa shape index (κ2) is 5.69. The number of hydrogen-bond acceptors (Lipinski definition) is 5. The maximum atomic E-state index is 6.37. The van der Waals surface area contributed by atoms with Crippen molar-refractivity contribution >= 4 is 22.9 Å². The molecule has 0 amide bonds. The number of fused-ring (bicyclic) bond motifs is 1. The minimum Gasteiger partial charge on any atom is -0.496 e. The Morgan fingerprint density at radius 3 is 3.05 bits per heavy atom. The summed E-state index contributed by atoms with van der Waals surface area (Å²) in [5, 5.41) is 3.84. The van der Waals surface area contributed by atoms with Gasteiger partial charge in [-0.2, -0.15) is 0 Å². The van der Waals surface area contributed by atoms with Crippen LogP contribution in [0, 0.1) is 0 Å². The minimum atomic E-state index is 0.122. The number of thiazole rings is 1. The molecule has 0 bridgehead atoms. The zero-order valence-corrected chi connectivity index (χ0v) is 12.7. The fourth-order valence-electron chi connectivity index (χ4n) is 2.76. The molecular formula is C14H16ClN3OS. The van der Waals surface area contributed by atoms with E-state index in [1.54, 1.807) is 18.4 Å². The summed E-state index contributed by atoms with van der Waals surface area (Å²) in [7, 11) is 1.68. The normalized spacial score (nSPS) is 18.2. The lowest BCUT2D eigenvalue weighted by Crippen LogP contribution is -2.27. The largest absolute Gasteiger partial charge is 0.496 e. The van der Waals surface area contributed by atoms with Gasteiger partial charge in [0.05, 0.1) is 13.7 Å². The summed E-state index contributed by atoms with van der Waals surface area (Å²) >= 11 is 8.03. The Kier molecular flexibility index (Phi) is 3.94. The van der Waals surface area contributed by atoms with E-state index in [9.17, 15) is 0 Å². The first-order valence-corrected chi connectivity index (χ1v) is 7.68. The van der Waals surface area contributed by atoms with E-state index in [1.807, 2.05) is 23.7 Å². The second-order valence-electron chi connectivity index (χ2n) is 4.72. The van der Waals surface area contributed by atoms with Gasteiger partial charge in [0.1, 0.15) is 10.8 Å². The summed E-state index contributed by atoms with van der Waals surface area (Å²) in [6.45, 7) is 2.11. The third-order valence-electron chi connectivity index (χ3n) is 3.66. The van der Waals surface area contributed by atoms with Gasteiger partial charge in [-0.3, -0.25) is 4.90 Å². The average molecular weight is 310 g/mol. The molecule has 2 N–H and O–H groups in total. The van der Waals surface area contributed by atoms with Crippen LogP contribution in [0.5, 0.6) is 5.75 Å². The Morgan fingerprint density at radius 1 is 1.55 bits per heavy atom. The molecule has 1 aliphatic heterocycles. The molecular weight excluding hydrogens is 294 g/mol. The standard InChI is InChI=1S/C14H16ClN3OS/c1-19-12-3-2-10(15)14-9(12)7-18(11(14)6-16)8-13-17-4-5-20-13/h2-5,11H,6-8,16H2,1H3. The number of halogens is 1. The first-order chi connectivity index (χ1) is 9.74. The van der Waals surface area contributed by atoms with Crippen LogP contribution in [-0.4, -0.2) is 23.5 Å². The molecule has 0 saturated heterocycles. The highest BCUT2D eigenvalue weighted by Crippen LogP contribution is 2.42. The van der Waals surface area contributed by atoms with E-state index in [1.165, 1.54) is 0 Å². The number of methoxy groups -OCH3 is 1. The van der Waals surface area contributed by atoms with Gasteiger partial charge in [-0.1, -0.05) is 11.6 Å². The van der Waals surface area contributed by atoms with Crippen molar-refractivity contribution in [2.45, 2.75) is 19.1 Å². The van der Waals surface area contributed by atoms with Crippen molar-refractivity contribution in [2.24, 2.45) is 5.73 Å². The van der Waals surface area contributed by atoms with Gasteiger partial charge in [-0.15, -0.1) is 11.3 Å². The van der Waals surface area contributed by atoms with Crippen molar-refractivity contribution in [1.82, 2.24) is 9.88 Å². The fraction of sp³-hybridized carbons (Fsp3) is 0.357. The summed E-state index contributed by atoms with van der Waals surface area (Å²) in [5.74, 6) is 0.879. The van der Waals surface area contributed by atoms with Crippen LogP contribution in [0.25, 0.3) is 0 Å². The average Bonchev–Trinajstić information content (AvgIpc) is 3.07. The predicted octanol–water partition coefficient (Wildman–Crippen LogP) is 2.82. The fourth-order valence-corrected chi connectivity index (χ4v) is 3.71. The van der Waals surface area contributed by atoms with Gasteiger partial charge >= 0.3 is 0 Å². The van der Waals surface area contributed by atoms with E-state index in [2.05, 4.69) is 9.88 Å². The third kappa shape index (κ3) is 2.31. The quantitative estimate of drug-likeness (QED) is 0.943. The maximum Gasteiger partial charge on any atom is 0.123 e. The van der Waals surface area contributed by atoms with Gasteiger partial charge < -0.3 is 10.5 Å². The van der Waals surface area contributed by atoms with Crippen molar-refractivity contribution in [3.05, 3.63) is 44.9 Å². The van der Waals surface area contributed by atoms with Crippen LogP contribution < -0.4 is 10.5 Å². The number of aromatic nitrogens is 1. The van der Waals surface area contributed by atoms with Gasteiger partial charge in [-0.05, 0) is 17.7 Å². The van der Waals surface area contributed by atoms with Gasteiger partial charge in [-0.25, -0.2) is 4.98 Å². The molecule has 0 saturated carbocycles. The minimum absolute atomic E-state index is 0.122. The highest BCUT2D eigenvalue weighted by molar-refractivity contribution is 7.09. The van der Waals surface area contributed by atoms with Crippen LogP contribution in [0.1, 0.15) is 22.2 Å². The molecule has 2 aromatic rings. The van der Waals surface area contributed by atoms with Crippen LogP contribution in [0.15, 0.2) is 23.7 Å². The molecule has 1 unspecified atom stereocenters. The molecule has 1 aromatic heterocycles. The third-order valence-corrected chi connectivity index (χ3v) is 4.76. The zero-order valence-electron chi connectivity index (χ0n) is 11.2. The topological polar surface area (TPSA) is 51.4 Å². The van der Waals surface area contributed by atoms with Crippen LogP contribution >= 0.6 is 22.9 Å². The van der Waals surface area contributed by atoms with Crippen LogP contribution in [-0.2, 0) is 13.1 Å². The lowest BCUT2D eigenvalue weighted by molar-refractivity contribution is 0.209. The molecule has 1 aromatic carbocycles. The highest BCUT2D eigenvalue weighted by Gasteiger charge is 2.33. The Balaban J connectivity index is 1.96. The van der Waals surface area contributed by atoms with E-state index in [0.717, 1.165) is 40.0 Å².